The predicted octanol–water partition coefficient (Wildman–Crippen LogP) is 3.41. The first-order valence-electron chi connectivity index (χ1n) is 7.12. The van der Waals surface area contributed by atoms with E-state index in [1.165, 1.54) is 10.9 Å². The van der Waals surface area contributed by atoms with Crippen LogP contribution in [0.4, 0.5) is 0 Å². The average molecular weight is 339 g/mol. The van der Waals surface area contributed by atoms with Crippen LogP contribution in [-0.4, -0.2) is 22.5 Å². The molecular formula is C16H19ClN2O2S. The molecule has 2 rings (SSSR count). The SMILES string of the molecule is Cc1nc(CCCNC(=O)Cc2ccc(O)c(Cl)c2)sc1C. The Bertz CT molecular complexity index is 651. The Balaban J connectivity index is 1.72. The van der Waals surface area contributed by atoms with Crippen LogP contribution in [0.2, 0.25) is 5.02 Å². The molecule has 2 N–H and O–H groups in total. The highest BCUT2D eigenvalue weighted by atomic mass is 35.5. The molecule has 0 aliphatic carbocycles. The summed E-state index contributed by atoms with van der Waals surface area (Å²) in [7, 11) is 0. The molecule has 0 bridgehead atoms. The molecule has 0 saturated heterocycles. The minimum absolute atomic E-state index is 0.0276. The second kappa shape index (κ2) is 7.61. The fourth-order valence-electron chi connectivity index (χ4n) is 2.02. The van der Waals surface area contributed by atoms with Crippen LogP contribution in [0.25, 0.3) is 0 Å². The van der Waals surface area contributed by atoms with E-state index in [1.807, 2.05) is 6.92 Å². The second-order valence-corrected chi connectivity index (χ2v) is 6.86. The summed E-state index contributed by atoms with van der Waals surface area (Å²) in [5, 5.41) is 13.6. The Kier molecular flexibility index (Phi) is 5.80. The van der Waals surface area contributed by atoms with Crippen molar-refractivity contribution in [3.8, 4) is 5.75 Å². The molecule has 0 radical (unpaired) electrons. The van der Waals surface area contributed by atoms with Gasteiger partial charge in [0.05, 0.1) is 22.1 Å². The molecule has 6 heteroatoms. The second-order valence-electron chi connectivity index (χ2n) is 5.17. The molecule has 2 aromatic rings. The lowest BCUT2D eigenvalue weighted by molar-refractivity contribution is -0.120. The fraction of sp³-hybridized carbons (Fsp3) is 0.375. The number of carbonyl (C=O) groups excluding carboxylic acids is 1. The van der Waals surface area contributed by atoms with Crippen LogP contribution in [0, 0.1) is 13.8 Å². The van der Waals surface area contributed by atoms with Crippen molar-refractivity contribution in [2.75, 3.05) is 6.54 Å². The molecular weight excluding hydrogens is 320 g/mol. The molecule has 1 heterocycles. The van der Waals surface area contributed by atoms with Crippen molar-refractivity contribution in [1.29, 1.82) is 0 Å². The third-order valence-electron chi connectivity index (χ3n) is 3.34. The molecule has 0 aliphatic rings. The lowest BCUT2D eigenvalue weighted by Gasteiger charge is -2.05. The van der Waals surface area contributed by atoms with Gasteiger partial charge < -0.3 is 10.4 Å². The van der Waals surface area contributed by atoms with Crippen molar-refractivity contribution in [3.63, 3.8) is 0 Å². The number of benzene rings is 1. The number of phenolic OH excluding ortho intramolecular Hbond substituents is 1. The first-order chi connectivity index (χ1) is 10.5. The maximum Gasteiger partial charge on any atom is 0.224 e. The number of nitrogens with zero attached hydrogens (tertiary/aromatic N) is 1. The van der Waals surface area contributed by atoms with Crippen LogP contribution in [0.5, 0.6) is 5.75 Å². The summed E-state index contributed by atoms with van der Waals surface area (Å²) in [5.41, 5.74) is 1.87. The molecule has 4 nitrogen and oxygen atoms in total. The lowest BCUT2D eigenvalue weighted by Crippen LogP contribution is -2.26. The highest BCUT2D eigenvalue weighted by Crippen LogP contribution is 2.23. The third-order valence-corrected chi connectivity index (χ3v) is 4.77. The number of amides is 1. The molecule has 0 saturated carbocycles. The smallest absolute Gasteiger partial charge is 0.224 e. The highest BCUT2D eigenvalue weighted by molar-refractivity contribution is 7.11. The van der Waals surface area contributed by atoms with Gasteiger partial charge in [-0.25, -0.2) is 4.98 Å². The van der Waals surface area contributed by atoms with Gasteiger partial charge in [0.2, 0.25) is 5.91 Å². The van der Waals surface area contributed by atoms with Gasteiger partial charge in [0, 0.05) is 17.8 Å². The van der Waals surface area contributed by atoms with Crippen LogP contribution in [-0.2, 0) is 17.6 Å². The van der Waals surface area contributed by atoms with E-state index in [1.54, 1.807) is 23.5 Å². The standard InChI is InChI=1S/C16H19ClN2O2S/c1-10-11(2)22-16(19-10)4-3-7-18-15(21)9-12-5-6-14(20)13(17)8-12/h5-6,8,20H,3-4,7,9H2,1-2H3,(H,18,21). The number of thiazole rings is 1. The quantitative estimate of drug-likeness (QED) is 0.793. The van der Waals surface area contributed by atoms with Crippen molar-refractivity contribution < 1.29 is 9.90 Å². The minimum Gasteiger partial charge on any atom is -0.506 e. The van der Waals surface area contributed by atoms with E-state index in [0.717, 1.165) is 29.1 Å². The van der Waals surface area contributed by atoms with Crippen LogP contribution >= 0.6 is 22.9 Å². The van der Waals surface area contributed by atoms with Gasteiger partial charge >= 0.3 is 0 Å². The summed E-state index contributed by atoms with van der Waals surface area (Å²) in [6.45, 7) is 4.71. The van der Waals surface area contributed by atoms with E-state index in [4.69, 9.17) is 11.6 Å². The number of aromatic nitrogens is 1. The van der Waals surface area contributed by atoms with Gasteiger partial charge in [-0.05, 0) is 38.0 Å². The first kappa shape index (κ1) is 16.8. The number of rotatable bonds is 6. The van der Waals surface area contributed by atoms with Crippen LogP contribution in [0.15, 0.2) is 18.2 Å². The van der Waals surface area contributed by atoms with Crippen molar-refractivity contribution in [1.82, 2.24) is 10.3 Å². The number of hydrogen-bond acceptors (Lipinski definition) is 4. The Morgan fingerprint density at radius 3 is 2.82 bits per heavy atom. The van der Waals surface area contributed by atoms with Crippen molar-refractivity contribution in [2.45, 2.75) is 33.1 Å². The summed E-state index contributed by atoms with van der Waals surface area (Å²) >= 11 is 7.54. The van der Waals surface area contributed by atoms with Crippen LogP contribution in [0.1, 0.15) is 27.6 Å². The Morgan fingerprint density at radius 1 is 1.41 bits per heavy atom. The third kappa shape index (κ3) is 4.71. The Morgan fingerprint density at radius 2 is 2.18 bits per heavy atom. The molecule has 1 aromatic carbocycles. The van der Waals surface area contributed by atoms with Gasteiger partial charge in [0.25, 0.3) is 0 Å². The zero-order valence-electron chi connectivity index (χ0n) is 12.6. The zero-order chi connectivity index (χ0) is 16.1. The minimum atomic E-state index is -0.0479. The van der Waals surface area contributed by atoms with Gasteiger partial charge in [-0.2, -0.15) is 0 Å². The molecule has 0 fully saturated rings. The van der Waals surface area contributed by atoms with E-state index in [2.05, 4.69) is 17.2 Å². The summed E-state index contributed by atoms with van der Waals surface area (Å²) in [6.07, 6.45) is 2.01. The zero-order valence-corrected chi connectivity index (χ0v) is 14.2. The van der Waals surface area contributed by atoms with E-state index >= 15 is 0 Å². The maximum absolute atomic E-state index is 11.8. The van der Waals surface area contributed by atoms with Gasteiger partial charge in [-0.3, -0.25) is 4.79 Å². The summed E-state index contributed by atoms with van der Waals surface area (Å²) in [4.78, 5) is 17.6. The fourth-order valence-corrected chi connectivity index (χ4v) is 3.20. The van der Waals surface area contributed by atoms with Crippen molar-refractivity contribution in [3.05, 3.63) is 44.4 Å². The predicted molar refractivity (Wildman–Crippen MR) is 89.7 cm³/mol. The number of carbonyl (C=O) groups is 1. The van der Waals surface area contributed by atoms with Crippen molar-refractivity contribution in [2.24, 2.45) is 0 Å². The van der Waals surface area contributed by atoms with Gasteiger partial charge in [-0.15, -0.1) is 11.3 Å². The molecule has 1 aromatic heterocycles. The molecule has 22 heavy (non-hydrogen) atoms. The van der Waals surface area contributed by atoms with E-state index in [9.17, 15) is 9.90 Å². The molecule has 0 aliphatic heterocycles. The van der Waals surface area contributed by atoms with E-state index in [-0.39, 0.29) is 23.1 Å². The molecule has 1 amide bonds. The topological polar surface area (TPSA) is 62.2 Å². The summed E-state index contributed by atoms with van der Waals surface area (Å²) in [6, 6.07) is 4.80. The first-order valence-corrected chi connectivity index (χ1v) is 8.32. The normalized spacial score (nSPS) is 10.7. The Labute approximate surface area is 139 Å². The van der Waals surface area contributed by atoms with Gasteiger partial charge in [-0.1, -0.05) is 17.7 Å². The highest BCUT2D eigenvalue weighted by Gasteiger charge is 2.07. The van der Waals surface area contributed by atoms with E-state index < -0.39 is 0 Å². The Hall–Kier alpha value is -1.59. The molecule has 0 unspecified atom stereocenters. The maximum atomic E-state index is 11.8. The van der Waals surface area contributed by atoms with Gasteiger partial charge in [0.15, 0.2) is 0 Å². The number of phenols is 1. The van der Waals surface area contributed by atoms with E-state index in [0.29, 0.717) is 6.54 Å². The van der Waals surface area contributed by atoms with Crippen LogP contribution < -0.4 is 5.32 Å². The molecule has 0 atom stereocenters. The van der Waals surface area contributed by atoms with Crippen molar-refractivity contribution >= 4 is 28.8 Å². The number of hydrogen-bond donors (Lipinski definition) is 2. The number of aromatic hydroxyl groups is 1. The number of nitrogens with one attached hydrogen (secondary N) is 1. The molecule has 118 valence electrons. The summed E-state index contributed by atoms with van der Waals surface area (Å²) in [5.74, 6) is -0.0203. The largest absolute Gasteiger partial charge is 0.506 e. The number of aryl methyl sites for hydroxylation is 3. The average Bonchev–Trinajstić information content (AvgIpc) is 2.78. The summed E-state index contributed by atoms with van der Waals surface area (Å²) < 4.78 is 0. The monoisotopic (exact) mass is 338 g/mol. The van der Waals surface area contributed by atoms with Gasteiger partial charge in [0.1, 0.15) is 5.75 Å². The lowest BCUT2D eigenvalue weighted by atomic mass is 10.1. The van der Waals surface area contributed by atoms with Crippen LogP contribution in [0.3, 0.4) is 0 Å². The number of halogens is 1. The molecule has 0 spiro atoms.